The summed E-state index contributed by atoms with van der Waals surface area (Å²) < 4.78 is 1.09. The molecule has 0 unspecified atom stereocenters. The van der Waals surface area contributed by atoms with E-state index in [1.54, 1.807) is 0 Å². The Morgan fingerprint density at radius 3 is 2.63 bits per heavy atom. The summed E-state index contributed by atoms with van der Waals surface area (Å²) in [6.07, 6.45) is 1.45. The average Bonchev–Trinajstić information content (AvgIpc) is 2.37. The third-order valence-electron chi connectivity index (χ3n) is 3.16. The van der Waals surface area contributed by atoms with Crippen LogP contribution < -0.4 is 10.6 Å². The van der Waals surface area contributed by atoms with Gasteiger partial charge in [0, 0.05) is 22.9 Å². The van der Waals surface area contributed by atoms with Gasteiger partial charge in [-0.15, -0.1) is 0 Å². The first-order valence-corrected chi connectivity index (χ1v) is 7.43. The molecule has 2 N–H and O–H groups in total. The van der Waals surface area contributed by atoms with Gasteiger partial charge in [-0.25, -0.2) is 0 Å². The summed E-state index contributed by atoms with van der Waals surface area (Å²) in [6, 6.07) is 8.15. The van der Waals surface area contributed by atoms with Crippen LogP contribution in [0.2, 0.25) is 0 Å². The molecule has 0 atom stereocenters. The summed E-state index contributed by atoms with van der Waals surface area (Å²) in [7, 11) is 1.90. The van der Waals surface area contributed by atoms with Gasteiger partial charge in [0.05, 0.1) is 0 Å². The van der Waals surface area contributed by atoms with E-state index >= 15 is 0 Å². The van der Waals surface area contributed by atoms with Crippen LogP contribution in [0.4, 0.5) is 0 Å². The van der Waals surface area contributed by atoms with Crippen LogP contribution in [0.15, 0.2) is 28.7 Å². The number of hydrogen-bond acceptors (Lipinski definition) is 2. The molecule has 1 amide bonds. The van der Waals surface area contributed by atoms with Gasteiger partial charge in [0.25, 0.3) is 0 Å². The van der Waals surface area contributed by atoms with Crippen molar-refractivity contribution in [3.8, 4) is 0 Å². The van der Waals surface area contributed by atoms with Crippen molar-refractivity contribution in [2.24, 2.45) is 0 Å². The molecule has 1 aromatic rings. The molecule has 3 nitrogen and oxygen atoms in total. The maximum Gasteiger partial charge on any atom is 0.220 e. The fourth-order valence-corrected chi connectivity index (χ4v) is 2.76. The second-order valence-electron chi connectivity index (χ2n) is 5.35. The van der Waals surface area contributed by atoms with E-state index in [-0.39, 0.29) is 11.3 Å². The Hall–Kier alpha value is -0.870. The predicted octanol–water partition coefficient (Wildman–Crippen LogP) is 2.84. The molecule has 4 heteroatoms. The molecule has 0 saturated carbocycles. The van der Waals surface area contributed by atoms with Crippen molar-refractivity contribution in [2.45, 2.75) is 32.1 Å². The Morgan fingerprint density at radius 2 is 2.00 bits per heavy atom. The third kappa shape index (κ3) is 5.33. The molecule has 0 fully saturated rings. The van der Waals surface area contributed by atoms with Crippen molar-refractivity contribution in [3.63, 3.8) is 0 Å². The molecule has 0 aliphatic carbocycles. The molecule has 0 heterocycles. The molecule has 1 aromatic carbocycles. The highest BCUT2D eigenvalue weighted by Crippen LogP contribution is 2.29. The van der Waals surface area contributed by atoms with Crippen molar-refractivity contribution in [2.75, 3.05) is 20.1 Å². The zero-order chi connectivity index (χ0) is 14.3. The first-order valence-electron chi connectivity index (χ1n) is 6.63. The van der Waals surface area contributed by atoms with Gasteiger partial charge >= 0.3 is 0 Å². The summed E-state index contributed by atoms with van der Waals surface area (Å²) in [4.78, 5) is 11.7. The average molecular weight is 327 g/mol. The molecule has 0 radical (unpaired) electrons. The zero-order valence-electron chi connectivity index (χ0n) is 11.9. The Morgan fingerprint density at radius 1 is 1.32 bits per heavy atom. The standard InChI is InChI=1S/C15H23BrN2O/c1-15(2,12-7-4-5-8-13(12)16)11-18-14(19)9-6-10-17-3/h4-5,7-8,17H,6,9-11H2,1-3H3,(H,18,19). The minimum absolute atomic E-state index is 0.0846. The first-order chi connectivity index (χ1) is 8.97. The van der Waals surface area contributed by atoms with E-state index in [2.05, 4.69) is 46.5 Å². The van der Waals surface area contributed by atoms with Gasteiger partial charge in [-0.3, -0.25) is 4.79 Å². The normalized spacial score (nSPS) is 11.4. The predicted molar refractivity (Wildman–Crippen MR) is 83.3 cm³/mol. The smallest absolute Gasteiger partial charge is 0.220 e. The van der Waals surface area contributed by atoms with E-state index in [1.807, 2.05) is 25.2 Å². The summed E-state index contributed by atoms with van der Waals surface area (Å²) in [5, 5.41) is 6.06. The molecule has 19 heavy (non-hydrogen) atoms. The molecule has 1 rings (SSSR count). The van der Waals surface area contributed by atoms with Crippen LogP contribution in [0, 0.1) is 0 Å². The molecule has 0 aliphatic rings. The highest BCUT2D eigenvalue weighted by molar-refractivity contribution is 9.10. The lowest BCUT2D eigenvalue weighted by atomic mass is 9.84. The molecular weight excluding hydrogens is 304 g/mol. The Kier molecular flexibility index (Phi) is 6.52. The number of carbonyl (C=O) groups excluding carboxylic acids is 1. The number of carbonyl (C=O) groups is 1. The monoisotopic (exact) mass is 326 g/mol. The molecule has 0 aromatic heterocycles. The second-order valence-corrected chi connectivity index (χ2v) is 6.20. The third-order valence-corrected chi connectivity index (χ3v) is 3.85. The lowest BCUT2D eigenvalue weighted by Gasteiger charge is -2.26. The van der Waals surface area contributed by atoms with Crippen molar-refractivity contribution in [3.05, 3.63) is 34.3 Å². The van der Waals surface area contributed by atoms with Crippen LogP contribution >= 0.6 is 15.9 Å². The maximum atomic E-state index is 11.7. The van der Waals surface area contributed by atoms with Gasteiger partial charge in [-0.2, -0.15) is 0 Å². The van der Waals surface area contributed by atoms with E-state index in [9.17, 15) is 4.79 Å². The highest BCUT2D eigenvalue weighted by atomic mass is 79.9. The van der Waals surface area contributed by atoms with Crippen LogP contribution in [0.3, 0.4) is 0 Å². The SMILES string of the molecule is CNCCCC(=O)NCC(C)(C)c1ccccc1Br. The van der Waals surface area contributed by atoms with Crippen LogP contribution in [0.5, 0.6) is 0 Å². The number of nitrogens with one attached hydrogen (secondary N) is 2. The molecule has 0 saturated heterocycles. The number of hydrogen-bond donors (Lipinski definition) is 2. The lowest BCUT2D eigenvalue weighted by Crippen LogP contribution is -2.37. The van der Waals surface area contributed by atoms with Gasteiger partial charge in [0.15, 0.2) is 0 Å². The topological polar surface area (TPSA) is 41.1 Å². The van der Waals surface area contributed by atoms with Crippen molar-refractivity contribution >= 4 is 21.8 Å². The van der Waals surface area contributed by atoms with Gasteiger partial charge in [-0.05, 0) is 31.6 Å². The van der Waals surface area contributed by atoms with E-state index in [1.165, 1.54) is 5.56 Å². The van der Waals surface area contributed by atoms with Crippen LogP contribution in [0.25, 0.3) is 0 Å². The van der Waals surface area contributed by atoms with Gasteiger partial charge < -0.3 is 10.6 Å². The molecule has 0 aliphatic heterocycles. The lowest BCUT2D eigenvalue weighted by molar-refractivity contribution is -0.121. The van der Waals surface area contributed by atoms with Gasteiger partial charge in [0.1, 0.15) is 0 Å². The molecular formula is C15H23BrN2O. The largest absolute Gasteiger partial charge is 0.355 e. The van der Waals surface area contributed by atoms with Gasteiger partial charge in [0.2, 0.25) is 5.91 Å². The van der Waals surface area contributed by atoms with Crippen molar-refractivity contribution in [1.29, 1.82) is 0 Å². The Labute approximate surface area is 124 Å². The quantitative estimate of drug-likeness (QED) is 0.756. The van der Waals surface area contributed by atoms with E-state index in [0.717, 1.165) is 17.4 Å². The molecule has 0 spiro atoms. The van der Waals surface area contributed by atoms with Crippen LogP contribution in [0.1, 0.15) is 32.3 Å². The summed E-state index contributed by atoms with van der Waals surface area (Å²) in [5.74, 6) is 0.121. The van der Waals surface area contributed by atoms with E-state index < -0.39 is 0 Å². The highest BCUT2D eigenvalue weighted by Gasteiger charge is 2.23. The van der Waals surface area contributed by atoms with Crippen LogP contribution in [-0.2, 0) is 10.2 Å². The van der Waals surface area contributed by atoms with Crippen molar-refractivity contribution in [1.82, 2.24) is 10.6 Å². The number of halogens is 1. The van der Waals surface area contributed by atoms with E-state index in [0.29, 0.717) is 13.0 Å². The number of rotatable bonds is 7. The fraction of sp³-hybridized carbons (Fsp3) is 0.533. The van der Waals surface area contributed by atoms with Crippen molar-refractivity contribution < 1.29 is 4.79 Å². The molecule has 0 bridgehead atoms. The minimum Gasteiger partial charge on any atom is -0.355 e. The number of amides is 1. The second kappa shape index (κ2) is 7.65. The number of benzene rings is 1. The fourth-order valence-electron chi connectivity index (χ4n) is 1.94. The van der Waals surface area contributed by atoms with Gasteiger partial charge in [-0.1, -0.05) is 48.0 Å². The Balaban J connectivity index is 2.51. The summed E-state index contributed by atoms with van der Waals surface area (Å²) >= 11 is 3.57. The Bertz CT molecular complexity index is 418. The van der Waals surface area contributed by atoms with E-state index in [4.69, 9.17) is 0 Å². The maximum absolute atomic E-state index is 11.7. The first kappa shape index (κ1) is 16.2. The zero-order valence-corrected chi connectivity index (χ0v) is 13.5. The van der Waals surface area contributed by atoms with Crippen LogP contribution in [-0.4, -0.2) is 26.0 Å². The minimum atomic E-state index is -0.0846. The summed E-state index contributed by atoms with van der Waals surface area (Å²) in [5.41, 5.74) is 1.13. The molecule has 106 valence electrons. The summed E-state index contributed by atoms with van der Waals surface area (Å²) in [6.45, 7) is 5.80.